The number of anilines is 1. The maximum atomic E-state index is 12.7. The fourth-order valence-corrected chi connectivity index (χ4v) is 5.66. The number of ether oxygens (including phenoxy) is 1. The molecule has 7 heteroatoms. The number of thiophene rings is 1. The minimum absolute atomic E-state index is 0.0370. The van der Waals surface area contributed by atoms with Crippen molar-refractivity contribution in [3.63, 3.8) is 0 Å². The summed E-state index contributed by atoms with van der Waals surface area (Å²) in [7, 11) is 0. The number of benzene rings is 1. The van der Waals surface area contributed by atoms with Crippen LogP contribution in [0, 0.1) is 0 Å². The van der Waals surface area contributed by atoms with Crippen LogP contribution in [0.15, 0.2) is 35.6 Å². The van der Waals surface area contributed by atoms with Crippen LogP contribution in [0.5, 0.6) is 5.75 Å². The van der Waals surface area contributed by atoms with Gasteiger partial charge in [-0.05, 0) is 69.4 Å². The van der Waals surface area contributed by atoms with Gasteiger partial charge in [0.15, 0.2) is 0 Å². The van der Waals surface area contributed by atoms with Crippen LogP contribution in [-0.4, -0.2) is 27.7 Å². The van der Waals surface area contributed by atoms with E-state index in [2.05, 4.69) is 15.3 Å². The van der Waals surface area contributed by atoms with Crippen LogP contribution in [0.3, 0.4) is 0 Å². The van der Waals surface area contributed by atoms with E-state index >= 15 is 0 Å². The van der Waals surface area contributed by atoms with Crippen LogP contribution < -0.4 is 10.1 Å². The Bertz CT molecular complexity index is 985. The van der Waals surface area contributed by atoms with Crippen LogP contribution in [0.2, 0.25) is 0 Å². The molecule has 2 aromatic heterocycles. The molecule has 146 valence electrons. The van der Waals surface area contributed by atoms with Gasteiger partial charge in [-0.1, -0.05) is 11.8 Å². The molecular formula is C21H23N3O2S2. The van der Waals surface area contributed by atoms with Crippen molar-refractivity contribution in [1.29, 1.82) is 0 Å². The Hall–Kier alpha value is -2.12. The summed E-state index contributed by atoms with van der Waals surface area (Å²) in [6, 6.07) is 7.45. The molecule has 0 saturated heterocycles. The molecule has 4 rings (SSSR count). The van der Waals surface area contributed by atoms with Gasteiger partial charge >= 0.3 is 0 Å². The highest BCUT2D eigenvalue weighted by molar-refractivity contribution is 8.00. The van der Waals surface area contributed by atoms with Crippen molar-refractivity contribution in [1.82, 2.24) is 9.97 Å². The molecule has 1 N–H and O–H groups in total. The third kappa shape index (κ3) is 4.00. The largest absolute Gasteiger partial charge is 0.494 e. The van der Waals surface area contributed by atoms with Gasteiger partial charge in [-0.2, -0.15) is 0 Å². The summed E-state index contributed by atoms with van der Waals surface area (Å²) in [6.07, 6.45) is 6.29. The van der Waals surface area contributed by atoms with Crippen molar-refractivity contribution in [3.8, 4) is 5.75 Å². The fraction of sp³-hybridized carbons (Fsp3) is 0.381. The second-order valence-electron chi connectivity index (χ2n) is 6.78. The lowest BCUT2D eigenvalue weighted by Gasteiger charge is -2.14. The third-order valence-corrected chi connectivity index (χ3v) is 7.11. The number of thioether (sulfide) groups is 1. The molecule has 1 atom stereocenters. The topological polar surface area (TPSA) is 64.1 Å². The van der Waals surface area contributed by atoms with Crippen molar-refractivity contribution in [3.05, 3.63) is 41.0 Å². The third-order valence-electron chi connectivity index (χ3n) is 4.81. The molecule has 0 radical (unpaired) electrons. The summed E-state index contributed by atoms with van der Waals surface area (Å²) in [5, 5.41) is 4.79. The Balaban J connectivity index is 1.49. The smallest absolute Gasteiger partial charge is 0.237 e. The van der Waals surface area contributed by atoms with E-state index in [-0.39, 0.29) is 11.2 Å². The van der Waals surface area contributed by atoms with E-state index in [1.54, 1.807) is 17.7 Å². The second-order valence-corrected chi connectivity index (χ2v) is 9.19. The molecular weight excluding hydrogens is 390 g/mol. The number of hydrogen-bond acceptors (Lipinski definition) is 6. The Morgan fingerprint density at radius 1 is 1.25 bits per heavy atom. The van der Waals surface area contributed by atoms with Crippen LogP contribution in [0.1, 0.15) is 37.1 Å². The summed E-state index contributed by atoms with van der Waals surface area (Å²) < 4.78 is 5.44. The zero-order valence-electron chi connectivity index (χ0n) is 16.0. The van der Waals surface area contributed by atoms with E-state index in [0.717, 1.165) is 39.5 Å². The second kappa shape index (κ2) is 8.49. The number of carbonyl (C=O) groups is 1. The first-order chi connectivity index (χ1) is 13.7. The average molecular weight is 414 g/mol. The number of amides is 1. The minimum Gasteiger partial charge on any atom is -0.494 e. The average Bonchev–Trinajstić information content (AvgIpc) is 3.09. The molecule has 5 nitrogen and oxygen atoms in total. The molecule has 1 aliphatic carbocycles. The monoisotopic (exact) mass is 413 g/mol. The molecule has 0 bridgehead atoms. The van der Waals surface area contributed by atoms with Crippen LogP contribution >= 0.6 is 23.1 Å². The standard InChI is InChI=1S/C21H23N3O2S2/c1-3-26-15-10-8-14(9-11-15)24-19(25)13(2)27-20-18-16-6-4-5-7-17(16)28-21(18)23-12-22-20/h8-13H,3-7H2,1-2H3,(H,24,25)/t13-/m0/s1. The summed E-state index contributed by atoms with van der Waals surface area (Å²) in [4.78, 5) is 24.2. The normalized spacial score (nSPS) is 14.5. The van der Waals surface area contributed by atoms with Crippen LogP contribution in [0.25, 0.3) is 10.2 Å². The number of nitrogens with one attached hydrogen (secondary N) is 1. The SMILES string of the molecule is CCOc1ccc(NC(=O)[C@H](C)Sc2ncnc3sc4c(c23)CCCC4)cc1. The van der Waals surface area contributed by atoms with Crippen molar-refractivity contribution >= 4 is 44.9 Å². The first-order valence-electron chi connectivity index (χ1n) is 9.61. The van der Waals surface area contributed by atoms with Crippen molar-refractivity contribution in [2.45, 2.75) is 49.8 Å². The fourth-order valence-electron chi connectivity index (χ4n) is 3.42. The van der Waals surface area contributed by atoms with E-state index in [9.17, 15) is 4.79 Å². The molecule has 0 aliphatic heterocycles. The number of aromatic nitrogens is 2. The minimum atomic E-state index is -0.260. The number of aryl methyl sites for hydroxylation is 2. The lowest BCUT2D eigenvalue weighted by molar-refractivity contribution is -0.115. The first-order valence-corrected chi connectivity index (χ1v) is 11.3. The van der Waals surface area contributed by atoms with Gasteiger partial charge in [-0.3, -0.25) is 4.79 Å². The number of nitrogens with zero attached hydrogens (tertiary/aromatic N) is 2. The van der Waals surface area contributed by atoms with Gasteiger partial charge in [0.25, 0.3) is 0 Å². The molecule has 0 spiro atoms. The summed E-state index contributed by atoms with van der Waals surface area (Å²) in [5.41, 5.74) is 2.16. The molecule has 3 aromatic rings. The molecule has 28 heavy (non-hydrogen) atoms. The summed E-state index contributed by atoms with van der Waals surface area (Å²) in [6.45, 7) is 4.49. The zero-order chi connectivity index (χ0) is 19.5. The predicted octanol–water partition coefficient (Wildman–Crippen LogP) is 5.09. The van der Waals surface area contributed by atoms with E-state index in [1.165, 1.54) is 35.0 Å². The van der Waals surface area contributed by atoms with Gasteiger partial charge in [-0.15, -0.1) is 11.3 Å². The first kappa shape index (κ1) is 19.2. The van der Waals surface area contributed by atoms with Crippen LogP contribution in [-0.2, 0) is 17.6 Å². The van der Waals surface area contributed by atoms with Gasteiger partial charge in [0.05, 0.1) is 11.9 Å². The highest BCUT2D eigenvalue weighted by Gasteiger charge is 2.23. The highest BCUT2D eigenvalue weighted by Crippen LogP contribution is 2.40. The maximum absolute atomic E-state index is 12.7. The Morgan fingerprint density at radius 3 is 2.82 bits per heavy atom. The van der Waals surface area contributed by atoms with Crippen molar-refractivity contribution < 1.29 is 9.53 Å². The molecule has 1 aromatic carbocycles. The Kier molecular flexibility index (Phi) is 5.82. The highest BCUT2D eigenvalue weighted by atomic mass is 32.2. The van der Waals surface area contributed by atoms with E-state index < -0.39 is 0 Å². The van der Waals surface area contributed by atoms with E-state index in [1.807, 2.05) is 38.1 Å². The maximum Gasteiger partial charge on any atom is 0.237 e. The summed E-state index contributed by atoms with van der Waals surface area (Å²) in [5.74, 6) is 0.763. The van der Waals surface area contributed by atoms with Crippen molar-refractivity contribution in [2.75, 3.05) is 11.9 Å². The lowest BCUT2D eigenvalue weighted by atomic mass is 9.97. The van der Waals surface area contributed by atoms with Gasteiger partial charge in [0, 0.05) is 16.0 Å². The predicted molar refractivity (Wildman–Crippen MR) is 116 cm³/mol. The summed E-state index contributed by atoms with van der Waals surface area (Å²) >= 11 is 3.29. The Labute approximate surface area is 172 Å². The van der Waals surface area contributed by atoms with Gasteiger partial charge < -0.3 is 10.1 Å². The van der Waals surface area contributed by atoms with E-state index in [4.69, 9.17) is 4.74 Å². The number of rotatable bonds is 6. The molecule has 0 fully saturated rings. The van der Waals surface area contributed by atoms with Gasteiger partial charge in [-0.25, -0.2) is 9.97 Å². The lowest BCUT2D eigenvalue weighted by Crippen LogP contribution is -2.22. The quantitative estimate of drug-likeness (QED) is 0.450. The van der Waals surface area contributed by atoms with Gasteiger partial charge in [0.2, 0.25) is 5.91 Å². The number of fused-ring (bicyclic) bond motifs is 3. The van der Waals surface area contributed by atoms with Crippen LogP contribution in [0.4, 0.5) is 5.69 Å². The van der Waals surface area contributed by atoms with E-state index in [0.29, 0.717) is 6.61 Å². The molecule has 0 saturated carbocycles. The van der Waals surface area contributed by atoms with Gasteiger partial charge in [0.1, 0.15) is 21.9 Å². The molecule has 2 heterocycles. The number of hydrogen-bond donors (Lipinski definition) is 1. The molecule has 1 amide bonds. The van der Waals surface area contributed by atoms with Crippen molar-refractivity contribution in [2.24, 2.45) is 0 Å². The molecule has 1 aliphatic rings. The number of carbonyl (C=O) groups excluding carboxylic acids is 1. The zero-order valence-corrected chi connectivity index (χ0v) is 17.7. The molecule has 0 unspecified atom stereocenters. The Morgan fingerprint density at radius 2 is 2.04 bits per heavy atom.